The molecule has 1 atom stereocenters. The predicted octanol–water partition coefficient (Wildman–Crippen LogP) is 4.60. The number of hydrogen-bond donors (Lipinski definition) is 1. The first-order chi connectivity index (χ1) is 13.5. The van der Waals surface area contributed by atoms with Crippen molar-refractivity contribution in [2.45, 2.75) is 23.2 Å². The maximum atomic E-state index is 11.4. The molecule has 0 spiro atoms. The summed E-state index contributed by atoms with van der Waals surface area (Å²) in [5.74, 6) is -0.154. The number of rotatable bonds is 5. The van der Waals surface area contributed by atoms with E-state index in [2.05, 4.69) is 42.1 Å². The number of carboxylic acid groups (broad SMARTS) is 1. The second-order valence-corrected chi connectivity index (χ2v) is 9.21. The molecule has 4 rings (SSSR count). The van der Waals surface area contributed by atoms with E-state index in [4.69, 9.17) is 5.10 Å². The monoisotopic (exact) mass is 520 g/mol. The van der Waals surface area contributed by atoms with E-state index in [0.717, 1.165) is 20.1 Å². The zero-order valence-electron chi connectivity index (χ0n) is 14.4. The number of benzene rings is 2. The third-order valence-corrected chi connectivity index (χ3v) is 6.41. The minimum absolute atomic E-state index is 0.0333. The van der Waals surface area contributed by atoms with Crippen molar-refractivity contribution < 1.29 is 9.90 Å². The van der Waals surface area contributed by atoms with Gasteiger partial charge in [-0.3, -0.25) is 4.79 Å². The van der Waals surface area contributed by atoms with Gasteiger partial charge < -0.3 is 5.11 Å². The third-order valence-electron chi connectivity index (χ3n) is 4.21. The lowest BCUT2D eigenvalue weighted by molar-refractivity contribution is -0.136. The van der Waals surface area contributed by atoms with Crippen molar-refractivity contribution in [2.24, 2.45) is 5.10 Å². The standard InChI is InChI=1S/C19H14Br2N4O2S/c20-13-5-1-11(2-6-13)9-16-22-23-19-25(16)24-18(15(28-19)10-17(26)27)12-3-7-14(21)8-4-12/h1-8,15H,9-10H2,(H,26,27). The Labute approximate surface area is 182 Å². The molecule has 142 valence electrons. The van der Waals surface area contributed by atoms with Gasteiger partial charge in [0.2, 0.25) is 5.16 Å². The first kappa shape index (κ1) is 19.4. The Kier molecular flexibility index (Phi) is 5.65. The van der Waals surface area contributed by atoms with Crippen LogP contribution >= 0.6 is 43.6 Å². The van der Waals surface area contributed by atoms with Gasteiger partial charge in [-0.25, -0.2) is 0 Å². The van der Waals surface area contributed by atoms with E-state index in [9.17, 15) is 9.90 Å². The van der Waals surface area contributed by atoms with Gasteiger partial charge >= 0.3 is 5.97 Å². The Bertz CT molecular complexity index is 1050. The summed E-state index contributed by atoms with van der Waals surface area (Å²) in [4.78, 5) is 11.4. The van der Waals surface area contributed by atoms with Gasteiger partial charge in [-0.15, -0.1) is 10.2 Å². The number of nitrogens with zero attached hydrogens (tertiary/aromatic N) is 4. The van der Waals surface area contributed by atoms with Crippen LogP contribution in [-0.4, -0.2) is 36.9 Å². The van der Waals surface area contributed by atoms with Crippen molar-refractivity contribution in [1.82, 2.24) is 14.9 Å². The quantitative estimate of drug-likeness (QED) is 0.531. The fourth-order valence-electron chi connectivity index (χ4n) is 2.88. The second kappa shape index (κ2) is 8.18. The number of halogens is 2. The second-order valence-electron chi connectivity index (χ2n) is 6.21. The summed E-state index contributed by atoms with van der Waals surface area (Å²) in [5.41, 5.74) is 2.69. The smallest absolute Gasteiger partial charge is 0.304 e. The van der Waals surface area contributed by atoms with Crippen molar-refractivity contribution in [3.8, 4) is 0 Å². The van der Waals surface area contributed by atoms with Crippen molar-refractivity contribution in [2.75, 3.05) is 0 Å². The Morgan fingerprint density at radius 2 is 1.68 bits per heavy atom. The Balaban J connectivity index is 1.72. The summed E-state index contributed by atoms with van der Waals surface area (Å²) in [6.45, 7) is 0. The first-order valence-corrected chi connectivity index (χ1v) is 10.9. The molecular formula is C19H14Br2N4O2S. The van der Waals surface area contributed by atoms with Gasteiger partial charge in [-0.1, -0.05) is 67.9 Å². The molecule has 0 aliphatic carbocycles. The maximum Gasteiger partial charge on any atom is 0.304 e. The van der Waals surface area contributed by atoms with Crippen LogP contribution in [0.25, 0.3) is 0 Å². The van der Waals surface area contributed by atoms with E-state index in [1.54, 1.807) is 4.68 Å². The van der Waals surface area contributed by atoms with Crippen molar-refractivity contribution in [1.29, 1.82) is 0 Å². The van der Waals surface area contributed by atoms with Gasteiger partial charge in [-0.2, -0.15) is 9.78 Å². The molecule has 6 nitrogen and oxygen atoms in total. The fourth-order valence-corrected chi connectivity index (χ4v) is 4.52. The van der Waals surface area contributed by atoms with Crippen LogP contribution in [-0.2, 0) is 11.2 Å². The molecule has 1 unspecified atom stereocenters. The van der Waals surface area contributed by atoms with E-state index < -0.39 is 5.97 Å². The molecule has 9 heteroatoms. The topological polar surface area (TPSA) is 80.4 Å². The van der Waals surface area contributed by atoms with Gasteiger partial charge in [0, 0.05) is 15.4 Å². The average Bonchev–Trinajstić information content (AvgIpc) is 3.05. The SMILES string of the molecule is O=C(O)CC1Sc2nnc(Cc3ccc(Br)cc3)n2N=C1c1ccc(Br)cc1. The highest BCUT2D eigenvalue weighted by Gasteiger charge is 2.30. The van der Waals surface area contributed by atoms with Crippen LogP contribution in [0.4, 0.5) is 0 Å². The Morgan fingerprint density at radius 1 is 1.04 bits per heavy atom. The minimum Gasteiger partial charge on any atom is -0.481 e. The summed E-state index contributed by atoms with van der Waals surface area (Å²) in [5, 5.41) is 22.9. The largest absolute Gasteiger partial charge is 0.481 e. The Hall–Kier alpha value is -1.97. The number of hydrogen-bond acceptors (Lipinski definition) is 5. The number of thioether (sulfide) groups is 1. The van der Waals surface area contributed by atoms with E-state index in [1.807, 2.05) is 48.5 Å². The van der Waals surface area contributed by atoms with Crippen molar-refractivity contribution in [3.63, 3.8) is 0 Å². The summed E-state index contributed by atoms with van der Waals surface area (Å²) in [7, 11) is 0. The molecule has 1 aliphatic heterocycles. The summed E-state index contributed by atoms with van der Waals surface area (Å²) in [6.07, 6.45) is 0.552. The van der Waals surface area contributed by atoms with Crippen LogP contribution in [0.5, 0.6) is 0 Å². The lowest BCUT2D eigenvalue weighted by atomic mass is 10.1. The molecule has 1 aliphatic rings. The lowest BCUT2D eigenvalue weighted by Crippen LogP contribution is -2.27. The van der Waals surface area contributed by atoms with Crippen LogP contribution in [0.1, 0.15) is 23.4 Å². The molecule has 0 fully saturated rings. The molecular weight excluding hydrogens is 508 g/mol. The molecule has 2 aromatic carbocycles. The fraction of sp³-hybridized carbons (Fsp3) is 0.158. The van der Waals surface area contributed by atoms with Crippen LogP contribution in [0.2, 0.25) is 0 Å². The molecule has 3 aromatic rings. The van der Waals surface area contributed by atoms with Crippen molar-refractivity contribution >= 4 is 55.3 Å². The zero-order chi connectivity index (χ0) is 19.7. The van der Waals surface area contributed by atoms with Gasteiger partial charge in [0.15, 0.2) is 5.82 Å². The normalized spacial score (nSPS) is 15.8. The summed E-state index contributed by atoms with van der Waals surface area (Å²) >= 11 is 8.25. The summed E-state index contributed by atoms with van der Waals surface area (Å²) in [6, 6.07) is 15.7. The van der Waals surface area contributed by atoms with E-state index in [1.165, 1.54) is 11.8 Å². The van der Waals surface area contributed by atoms with Crippen LogP contribution in [0, 0.1) is 0 Å². The van der Waals surface area contributed by atoms with Crippen LogP contribution < -0.4 is 0 Å². The number of aromatic nitrogens is 3. The zero-order valence-corrected chi connectivity index (χ0v) is 18.4. The molecule has 0 radical (unpaired) electrons. The third kappa shape index (κ3) is 4.21. The van der Waals surface area contributed by atoms with Crippen molar-refractivity contribution in [3.05, 3.63) is 74.4 Å². The van der Waals surface area contributed by atoms with Gasteiger partial charge in [0.25, 0.3) is 0 Å². The Morgan fingerprint density at radius 3 is 2.32 bits per heavy atom. The van der Waals surface area contributed by atoms with Crippen LogP contribution in [0.15, 0.2) is 67.7 Å². The molecule has 28 heavy (non-hydrogen) atoms. The van der Waals surface area contributed by atoms with Gasteiger partial charge in [0.1, 0.15) is 0 Å². The molecule has 0 amide bonds. The molecule has 1 aromatic heterocycles. The molecule has 0 bridgehead atoms. The van der Waals surface area contributed by atoms with E-state index in [-0.39, 0.29) is 11.7 Å². The first-order valence-electron chi connectivity index (χ1n) is 8.41. The molecule has 2 heterocycles. The van der Waals surface area contributed by atoms with Gasteiger partial charge in [0.05, 0.1) is 17.4 Å². The number of carboxylic acids is 1. The highest BCUT2D eigenvalue weighted by Crippen LogP contribution is 2.33. The minimum atomic E-state index is -0.870. The molecule has 0 saturated carbocycles. The maximum absolute atomic E-state index is 11.4. The van der Waals surface area contributed by atoms with E-state index in [0.29, 0.717) is 23.1 Å². The number of aliphatic carboxylic acids is 1. The van der Waals surface area contributed by atoms with E-state index >= 15 is 0 Å². The average molecular weight is 522 g/mol. The highest BCUT2D eigenvalue weighted by atomic mass is 79.9. The molecule has 1 N–H and O–H groups in total. The molecule has 0 saturated heterocycles. The highest BCUT2D eigenvalue weighted by molar-refractivity contribution is 9.10. The number of carbonyl (C=O) groups is 1. The van der Waals surface area contributed by atoms with Crippen LogP contribution in [0.3, 0.4) is 0 Å². The lowest BCUT2D eigenvalue weighted by Gasteiger charge is -2.22. The predicted molar refractivity (Wildman–Crippen MR) is 115 cm³/mol. The summed E-state index contributed by atoms with van der Waals surface area (Å²) < 4.78 is 3.70. The number of fused-ring (bicyclic) bond motifs is 1. The van der Waals surface area contributed by atoms with Gasteiger partial charge in [-0.05, 0) is 35.4 Å².